The minimum Gasteiger partial charge on any atom is -0.508 e. The molecule has 8 heteroatoms. The third-order valence-electron chi connectivity index (χ3n) is 3.82. The maximum absolute atomic E-state index is 11.9. The van der Waals surface area contributed by atoms with Crippen molar-refractivity contribution in [1.29, 1.82) is 0 Å². The molecular weight excluding hydrogens is 392 g/mol. The van der Waals surface area contributed by atoms with E-state index in [-0.39, 0.29) is 23.9 Å². The van der Waals surface area contributed by atoms with E-state index in [9.17, 15) is 24.9 Å². The minimum absolute atomic E-state index is 0.0288. The smallest absolute Gasteiger partial charge is 0.331 e. The third kappa shape index (κ3) is 7.33. The highest BCUT2D eigenvalue weighted by atomic mass is 16.6. The summed E-state index contributed by atoms with van der Waals surface area (Å²) in [5, 5.41) is 28.1. The molecule has 0 bridgehead atoms. The van der Waals surface area contributed by atoms with Gasteiger partial charge in [-0.05, 0) is 47.5 Å². The van der Waals surface area contributed by atoms with Crippen molar-refractivity contribution in [3.8, 4) is 17.2 Å². The Hall–Kier alpha value is -3.78. The first-order valence-corrected chi connectivity index (χ1v) is 8.91. The number of phenols is 2. The number of aliphatic hydroxyl groups excluding tert-OH is 1. The number of hydrogen-bond donors (Lipinski definition) is 3. The van der Waals surface area contributed by atoms with Gasteiger partial charge >= 0.3 is 11.9 Å². The van der Waals surface area contributed by atoms with E-state index in [4.69, 9.17) is 14.2 Å². The van der Waals surface area contributed by atoms with Gasteiger partial charge < -0.3 is 29.5 Å². The summed E-state index contributed by atoms with van der Waals surface area (Å²) in [6, 6.07) is 10.7. The van der Waals surface area contributed by atoms with E-state index < -0.39 is 24.6 Å². The average Bonchev–Trinajstić information content (AvgIpc) is 2.75. The number of ether oxygens (including phenoxy) is 3. The quantitative estimate of drug-likeness (QED) is 0.422. The molecule has 0 saturated heterocycles. The lowest BCUT2D eigenvalue weighted by Crippen LogP contribution is -2.27. The Morgan fingerprint density at radius 2 is 1.60 bits per heavy atom. The second-order valence-electron chi connectivity index (χ2n) is 6.06. The summed E-state index contributed by atoms with van der Waals surface area (Å²) in [5.41, 5.74) is 1.28. The van der Waals surface area contributed by atoms with E-state index in [0.717, 1.165) is 6.08 Å². The lowest BCUT2D eigenvalue weighted by atomic mass is 10.2. The summed E-state index contributed by atoms with van der Waals surface area (Å²) >= 11 is 0. The summed E-state index contributed by atoms with van der Waals surface area (Å²) < 4.78 is 15.0. The number of carbonyl (C=O) groups excluding carboxylic acids is 2. The maximum atomic E-state index is 11.9. The van der Waals surface area contributed by atoms with Gasteiger partial charge in [-0.3, -0.25) is 0 Å². The number of hydrogen-bond acceptors (Lipinski definition) is 8. The van der Waals surface area contributed by atoms with E-state index in [0.29, 0.717) is 11.1 Å². The molecule has 0 aliphatic rings. The minimum atomic E-state index is -1.03. The highest BCUT2D eigenvalue weighted by Crippen LogP contribution is 2.26. The molecule has 2 aromatic carbocycles. The van der Waals surface area contributed by atoms with Crippen molar-refractivity contribution in [2.75, 3.05) is 20.3 Å². The summed E-state index contributed by atoms with van der Waals surface area (Å²) in [4.78, 5) is 23.7. The Balaban J connectivity index is 1.83. The molecule has 2 rings (SSSR count). The summed E-state index contributed by atoms with van der Waals surface area (Å²) in [6.07, 6.45) is 4.24. The van der Waals surface area contributed by atoms with E-state index in [1.54, 1.807) is 18.2 Å². The standard InChI is InChI=1S/C22H22O8/c1-28-20-12-16(4-9-19(20)25)6-11-22(27)30-18(13-23)14-29-21(26)10-5-15-2-7-17(24)8-3-15/h2-12,18,23-25H,13-14H2,1H3/b10-5+,11-6+. The molecule has 30 heavy (non-hydrogen) atoms. The zero-order valence-electron chi connectivity index (χ0n) is 16.2. The van der Waals surface area contributed by atoms with Gasteiger partial charge in [0.2, 0.25) is 0 Å². The summed E-state index contributed by atoms with van der Waals surface area (Å²) in [5.74, 6) is -1.08. The van der Waals surface area contributed by atoms with E-state index in [1.165, 1.54) is 49.6 Å². The van der Waals surface area contributed by atoms with Gasteiger partial charge in [-0.15, -0.1) is 0 Å². The van der Waals surface area contributed by atoms with Gasteiger partial charge in [0.05, 0.1) is 13.7 Å². The van der Waals surface area contributed by atoms with Gasteiger partial charge in [0, 0.05) is 12.2 Å². The van der Waals surface area contributed by atoms with Gasteiger partial charge in [-0.25, -0.2) is 9.59 Å². The largest absolute Gasteiger partial charge is 0.508 e. The Bertz CT molecular complexity index is 915. The Kier molecular flexibility index (Phi) is 8.46. The molecule has 1 atom stereocenters. The van der Waals surface area contributed by atoms with Crippen LogP contribution in [0.5, 0.6) is 17.2 Å². The first kappa shape index (κ1) is 22.5. The highest BCUT2D eigenvalue weighted by Gasteiger charge is 2.14. The number of benzene rings is 2. The molecule has 1 unspecified atom stereocenters. The van der Waals surface area contributed by atoms with Crippen molar-refractivity contribution >= 4 is 24.1 Å². The molecule has 0 aliphatic carbocycles. The molecule has 158 valence electrons. The second-order valence-corrected chi connectivity index (χ2v) is 6.06. The van der Waals surface area contributed by atoms with E-state index >= 15 is 0 Å². The van der Waals surface area contributed by atoms with Crippen LogP contribution in [0, 0.1) is 0 Å². The Labute approximate surface area is 173 Å². The number of methoxy groups -OCH3 is 1. The van der Waals surface area contributed by atoms with Crippen LogP contribution in [0.3, 0.4) is 0 Å². The molecule has 0 radical (unpaired) electrons. The Morgan fingerprint density at radius 1 is 0.967 bits per heavy atom. The predicted molar refractivity (Wildman–Crippen MR) is 109 cm³/mol. The lowest BCUT2D eigenvalue weighted by Gasteiger charge is -2.13. The van der Waals surface area contributed by atoms with Crippen LogP contribution in [-0.4, -0.2) is 53.7 Å². The van der Waals surface area contributed by atoms with Crippen LogP contribution in [0.25, 0.3) is 12.2 Å². The molecule has 0 saturated carbocycles. The topological polar surface area (TPSA) is 123 Å². The molecule has 0 amide bonds. The zero-order valence-corrected chi connectivity index (χ0v) is 16.2. The van der Waals surface area contributed by atoms with Crippen LogP contribution in [0.15, 0.2) is 54.6 Å². The van der Waals surface area contributed by atoms with Gasteiger partial charge in [0.15, 0.2) is 17.6 Å². The molecule has 0 fully saturated rings. The first-order chi connectivity index (χ1) is 14.4. The predicted octanol–water partition coefficient (Wildman–Crippen LogP) is 2.28. The number of aromatic hydroxyl groups is 2. The molecule has 8 nitrogen and oxygen atoms in total. The average molecular weight is 414 g/mol. The van der Waals surface area contributed by atoms with Crippen molar-refractivity contribution in [3.63, 3.8) is 0 Å². The van der Waals surface area contributed by atoms with Gasteiger partial charge in [0.25, 0.3) is 0 Å². The number of esters is 2. The molecule has 3 N–H and O–H groups in total. The van der Waals surface area contributed by atoms with Crippen molar-refractivity contribution in [1.82, 2.24) is 0 Å². The van der Waals surface area contributed by atoms with Gasteiger partial charge in [-0.1, -0.05) is 18.2 Å². The maximum Gasteiger partial charge on any atom is 0.331 e. The van der Waals surface area contributed by atoms with Crippen molar-refractivity contribution in [2.24, 2.45) is 0 Å². The summed E-state index contributed by atoms with van der Waals surface area (Å²) in [7, 11) is 1.41. The SMILES string of the molecule is COc1cc(/C=C/C(=O)OC(CO)COC(=O)/C=C/c2ccc(O)cc2)ccc1O. The molecular formula is C22H22O8. The van der Waals surface area contributed by atoms with E-state index in [1.807, 2.05) is 0 Å². The molecule has 0 aliphatic heterocycles. The molecule has 0 heterocycles. The van der Waals surface area contributed by atoms with Crippen LogP contribution in [0.4, 0.5) is 0 Å². The van der Waals surface area contributed by atoms with Crippen LogP contribution in [0.2, 0.25) is 0 Å². The first-order valence-electron chi connectivity index (χ1n) is 8.91. The van der Waals surface area contributed by atoms with Crippen molar-refractivity contribution in [2.45, 2.75) is 6.10 Å². The fraction of sp³-hybridized carbons (Fsp3) is 0.182. The van der Waals surface area contributed by atoms with Crippen LogP contribution < -0.4 is 4.74 Å². The Morgan fingerprint density at radius 3 is 2.27 bits per heavy atom. The van der Waals surface area contributed by atoms with Gasteiger partial charge in [0.1, 0.15) is 12.4 Å². The van der Waals surface area contributed by atoms with Crippen molar-refractivity contribution < 1.29 is 39.1 Å². The van der Waals surface area contributed by atoms with Crippen LogP contribution in [-0.2, 0) is 19.1 Å². The fourth-order valence-corrected chi connectivity index (χ4v) is 2.26. The fourth-order valence-electron chi connectivity index (χ4n) is 2.26. The van der Waals surface area contributed by atoms with Crippen molar-refractivity contribution in [3.05, 3.63) is 65.7 Å². The number of aliphatic hydroxyl groups is 1. The second kappa shape index (κ2) is 11.3. The van der Waals surface area contributed by atoms with E-state index in [2.05, 4.69) is 0 Å². The van der Waals surface area contributed by atoms with Gasteiger partial charge in [-0.2, -0.15) is 0 Å². The molecule has 0 aromatic heterocycles. The summed E-state index contributed by atoms with van der Waals surface area (Å²) in [6.45, 7) is -0.844. The number of phenolic OH excluding ortho intramolecular Hbond substituents is 2. The monoisotopic (exact) mass is 414 g/mol. The lowest BCUT2D eigenvalue weighted by molar-refractivity contribution is -0.154. The number of rotatable bonds is 9. The molecule has 0 spiro atoms. The highest BCUT2D eigenvalue weighted by molar-refractivity contribution is 5.88. The van der Waals surface area contributed by atoms with Crippen LogP contribution in [0.1, 0.15) is 11.1 Å². The third-order valence-corrected chi connectivity index (χ3v) is 3.82. The van der Waals surface area contributed by atoms with Crippen LogP contribution >= 0.6 is 0 Å². The zero-order chi connectivity index (χ0) is 21.9. The number of carbonyl (C=O) groups is 2. The normalized spacial score (nSPS) is 12.1. The molecule has 2 aromatic rings.